The lowest BCUT2D eigenvalue weighted by Crippen LogP contribution is -2.51. The van der Waals surface area contributed by atoms with Crippen molar-refractivity contribution in [1.82, 2.24) is 10.2 Å². The molecule has 0 aliphatic rings. The summed E-state index contributed by atoms with van der Waals surface area (Å²) in [4.78, 5) is 25.3. The fourth-order valence-corrected chi connectivity index (χ4v) is 1.57. The van der Waals surface area contributed by atoms with Gasteiger partial charge in [0, 0.05) is 26.8 Å². The number of carbonyl (C=O) groups is 2. The average molecular weight is 259 g/mol. The van der Waals surface area contributed by atoms with Crippen LogP contribution in [0.5, 0.6) is 0 Å². The molecule has 0 aliphatic carbocycles. The zero-order valence-electron chi connectivity index (χ0n) is 11.7. The molecule has 3 N–H and O–H groups in total. The summed E-state index contributed by atoms with van der Waals surface area (Å²) in [6.45, 7) is 7.16. The van der Waals surface area contributed by atoms with Crippen molar-refractivity contribution < 1.29 is 14.3 Å². The molecule has 0 saturated carbocycles. The minimum absolute atomic E-state index is 0.0905. The molecule has 6 nitrogen and oxygen atoms in total. The standard InChI is InChI=1S/C12H25N3O3/c1-5-15(6-2)12(17)9(3)14-11(16)10(13)7-8-18-4/h9-10H,5-8,13H2,1-4H3,(H,14,16). The Labute approximate surface area is 109 Å². The molecule has 6 heteroatoms. The summed E-state index contributed by atoms with van der Waals surface area (Å²) in [5.41, 5.74) is 5.68. The number of hydrogen-bond donors (Lipinski definition) is 2. The molecule has 106 valence electrons. The van der Waals surface area contributed by atoms with Gasteiger partial charge in [-0.3, -0.25) is 9.59 Å². The first-order chi connectivity index (χ1) is 8.47. The van der Waals surface area contributed by atoms with Crippen molar-refractivity contribution >= 4 is 11.8 Å². The van der Waals surface area contributed by atoms with E-state index in [9.17, 15) is 9.59 Å². The summed E-state index contributed by atoms with van der Waals surface area (Å²) in [6.07, 6.45) is 0.439. The van der Waals surface area contributed by atoms with Crippen LogP contribution in [0.1, 0.15) is 27.2 Å². The van der Waals surface area contributed by atoms with E-state index >= 15 is 0 Å². The van der Waals surface area contributed by atoms with Gasteiger partial charge in [-0.25, -0.2) is 0 Å². The van der Waals surface area contributed by atoms with Crippen molar-refractivity contribution in [1.29, 1.82) is 0 Å². The number of ether oxygens (including phenoxy) is 1. The molecular formula is C12H25N3O3. The highest BCUT2D eigenvalue weighted by atomic mass is 16.5. The van der Waals surface area contributed by atoms with Gasteiger partial charge in [0.15, 0.2) is 0 Å². The van der Waals surface area contributed by atoms with Crippen LogP contribution in [-0.4, -0.2) is 55.6 Å². The van der Waals surface area contributed by atoms with Crippen molar-refractivity contribution in [3.63, 3.8) is 0 Å². The van der Waals surface area contributed by atoms with Crippen LogP contribution >= 0.6 is 0 Å². The second-order valence-corrected chi connectivity index (χ2v) is 4.13. The van der Waals surface area contributed by atoms with Gasteiger partial charge in [-0.15, -0.1) is 0 Å². The Kier molecular flexibility index (Phi) is 8.32. The third-order valence-electron chi connectivity index (χ3n) is 2.77. The Morgan fingerprint density at radius 2 is 1.89 bits per heavy atom. The number of hydrogen-bond acceptors (Lipinski definition) is 4. The lowest BCUT2D eigenvalue weighted by atomic mass is 10.2. The summed E-state index contributed by atoms with van der Waals surface area (Å²) in [7, 11) is 1.55. The molecule has 0 aromatic carbocycles. The van der Waals surface area contributed by atoms with Crippen molar-refractivity contribution in [3.8, 4) is 0 Å². The zero-order chi connectivity index (χ0) is 14.1. The molecule has 0 spiro atoms. The third kappa shape index (κ3) is 5.46. The first kappa shape index (κ1) is 16.9. The summed E-state index contributed by atoms with van der Waals surface area (Å²) in [6, 6.07) is -1.19. The van der Waals surface area contributed by atoms with Gasteiger partial charge < -0.3 is 20.7 Å². The zero-order valence-corrected chi connectivity index (χ0v) is 11.7. The van der Waals surface area contributed by atoms with Crippen LogP contribution in [0.25, 0.3) is 0 Å². The molecule has 0 heterocycles. The summed E-state index contributed by atoms with van der Waals surface area (Å²) >= 11 is 0. The van der Waals surface area contributed by atoms with Gasteiger partial charge in [-0.2, -0.15) is 0 Å². The lowest BCUT2D eigenvalue weighted by molar-refractivity contribution is -0.136. The van der Waals surface area contributed by atoms with E-state index in [1.54, 1.807) is 18.9 Å². The van der Waals surface area contributed by atoms with Crippen LogP contribution in [-0.2, 0) is 14.3 Å². The predicted molar refractivity (Wildman–Crippen MR) is 70.0 cm³/mol. The van der Waals surface area contributed by atoms with Crippen LogP contribution in [0.2, 0.25) is 0 Å². The molecule has 18 heavy (non-hydrogen) atoms. The average Bonchev–Trinajstić information content (AvgIpc) is 2.36. The topological polar surface area (TPSA) is 84.7 Å². The summed E-state index contributed by atoms with van der Waals surface area (Å²) in [5, 5.41) is 2.63. The number of amides is 2. The van der Waals surface area contributed by atoms with Crippen LogP contribution in [0.15, 0.2) is 0 Å². The molecule has 0 aromatic rings. The Hall–Kier alpha value is -1.14. The molecule has 2 amide bonds. The highest BCUT2D eigenvalue weighted by molar-refractivity contribution is 5.89. The molecule has 0 fully saturated rings. The van der Waals surface area contributed by atoms with Crippen molar-refractivity contribution in [2.75, 3.05) is 26.8 Å². The molecule has 2 atom stereocenters. The van der Waals surface area contributed by atoms with E-state index in [0.29, 0.717) is 26.1 Å². The van der Waals surface area contributed by atoms with Gasteiger partial charge in [0.1, 0.15) is 6.04 Å². The Bertz CT molecular complexity index is 267. The molecule has 0 saturated heterocycles. The van der Waals surface area contributed by atoms with E-state index in [1.807, 2.05) is 13.8 Å². The first-order valence-electron chi connectivity index (χ1n) is 6.31. The van der Waals surface area contributed by atoms with E-state index in [4.69, 9.17) is 10.5 Å². The fraction of sp³-hybridized carbons (Fsp3) is 0.833. The molecule has 0 radical (unpaired) electrons. The number of carbonyl (C=O) groups excluding carboxylic acids is 2. The highest BCUT2D eigenvalue weighted by Gasteiger charge is 2.22. The van der Waals surface area contributed by atoms with Crippen molar-refractivity contribution in [3.05, 3.63) is 0 Å². The van der Waals surface area contributed by atoms with Gasteiger partial charge in [0.05, 0.1) is 6.04 Å². The van der Waals surface area contributed by atoms with E-state index in [-0.39, 0.29) is 11.8 Å². The van der Waals surface area contributed by atoms with E-state index in [1.165, 1.54) is 0 Å². The third-order valence-corrected chi connectivity index (χ3v) is 2.77. The van der Waals surface area contributed by atoms with Crippen LogP contribution in [0.4, 0.5) is 0 Å². The first-order valence-corrected chi connectivity index (χ1v) is 6.31. The molecule has 0 aromatic heterocycles. The van der Waals surface area contributed by atoms with Gasteiger partial charge >= 0.3 is 0 Å². The Morgan fingerprint density at radius 3 is 2.33 bits per heavy atom. The predicted octanol–water partition coefficient (Wildman–Crippen LogP) is -0.277. The molecule has 0 rings (SSSR count). The lowest BCUT2D eigenvalue weighted by Gasteiger charge is -2.24. The maximum absolute atomic E-state index is 11.9. The smallest absolute Gasteiger partial charge is 0.244 e. The number of methoxy groups -OCH3 is 1. The molecular weight excluding hydrogens is 234 g/mol. The van der Waals surface area contributed by atoms with Crippen LogP contribution < -0.4 is 11.1 Å². The number of rotatable bonds is 8. The molecule has 0 aliphatic heterocycles. The fourth-order valence-electron chi connectivity index (χ4n) is 1.57. The number of nitrogens with two attached hydrogens (primary N) is 1. The maximum Gasteiger partial charge on any atom is 0.244 e. The maximum atomic E-state index is 11.9. The van der Waals surface area contributed by atoms with Crippen molar-refractivity contribution in [2.24, 2.45) is 5.73 Å². The normalized spacial score (nSPS) is 13.8. The Morgan fingerprint density at radius 1 is 1.33 bits per heavy atom. The summed E-state index contributed by atoms with van der Waals surface area (Å²) in [5.74, 6) is -0.410. The molecule has 0 bridgehead atoms. The van der Waals surface area contributed by atoms with Gasteiger partial charge in [0.25, 0.3) is 0 Å². The SMILES string of the molecule is CCN(CC)C(=O)C(C)NC(=O)C(N)CCOC. The minimum atomic E-state index is -0.642. The van der Waals surface area contributed by atoms with Gasteiger partial charge in [-0.1, -0.05) is 0 Å². The largest absolute Gasteiger partial charge is 0.385 e. The van der Waals surface area contributed by atoms with Crippen LogP contribution in [0, 0.1) is 0 Å². The van der Waals surface area contributed by atoms with E-state index in [2.05, 4.69) is 5.32 Å². The Balaban J connectivity index is 4.25. The highest BCUT2D eigenvalue weighted by Crippen LogP contribution is 1.96. The van der Waals surface area contributed by atoms with E-state index in [0.717, 1.165) is 0 Å². The second-order valence-electron chi connectivity index (χ2n) is 4.13. The number of nitrogens with one attached hydrogen (secondary N) is 1. The molecule has 2 unspecified atom stereocenters. The quantitative estimate of drug-likeness (QED) is 0.628. The van der Waals surface area contributed by atoms with Gasteiger partial charge in [-0.05, 0) is 27.2 Å². The summed E-state index contributed by atoms with van der Waals surface area (Å²) < 4.78 is 4.85. The van der Waals surface area contributed by atoms with Crippen LogP contribution in [0.3, 0.4) is 0 Å². The number of nitrogens with zero attached hydrogens (tertiary/aromatic N) is 1. The van der Waals surface area contributed by atoms with Crippen molar-refractivity contribution in [2.45, 2.75) is 39.3 Å². The monoisotopic (exact) mass is 259 g/mol. The van der Waals surface area contributed by atoms with E-state index < -0.39 is 12.1 Å². The second kappa shape index (κ2) is 8.88. The van der Waals surface area contributed by atoms with Gasteiger partial charge in [0.2, 0.25) is 11.8 Å². The minimum Gasteiger partial charge on any atom is -0.385 e. The number of likely N-dealkylation sites (N-methyl/N-ethyl adjacent to an activating group) is 1.